The molecule has 0 aliphatic rings. The molecule has 0 N–H and O–H groups in total. The van der Waals surface area contributed by atoms with Gasteiger partial charge in [0.15, 0.2) is 6.10 Å². The molecule has 0 spiro atoms. The Bertz CT molecular complexity index is 680. The fourth-order valence-corrected chi connectivity index (χ4v) is 2.61. The summed E-state index contributed by atoms with van der Waals surface area (Å²) < 4.78 is 5.94. The number of nitrogens with zero attached hydrogens (tertiary/aromatic N) is 1. The molecular weight excluding hydrogens is 286 g/mol. The van der Waals surface area contributed by atoms with Crippen LogP contribution in [0.1, 0.15) is 29.2 Å². The second-order valence-electron chi connectivity index (χ2n) is 6.14. The molecule has 0 heterocycles. The van der Waals surface area contributed by atoms with Gasteiger partial charge in [0.05, 0.1) is 0 Å². The Morgan fingerprint density at radius 1 is 1.13 bits per heavy atom. The number of hydrogen-bond acceptors (Lipinski definition) is 2. The van der Waals surface area contributed by atoms with E-state index in [1.54, 1.807) is 11.8 Å². The fourth-order valence-electron chi connectivity index (χ4n) is 2.61. The van der Waals surface area contributed by atoms with Crippen molar-refractivity contribution < 1.29 is 9.53 Å². The van der Waals surface area contributed by atoms with Crippen molar-refractivity contribution in [1.82, 2.24) is 4.90 Å². The number of ether oxygens (including phenoxy) is 1. The molecule has 0 bridgehead atoms. The maximum atomic E-state index is 12.5. The first kappa shape index (κ1) is 17.1. The summed E-state index contributed by atoms with van der Waals surface area (Å²) >= 11 is 0. The molecular formula is C20H25NO2. The summed E-state index contributed by atoms with van der Waals surface area (Å²) in [6, 6.07) is 14.1. The molecule has 0 saturated heterocycles. The number of carbonyl (C=O) groups is 1. The van der Waals surface area contributed by atoms with E-state index in [1.807, 2.05) is 57.3 Å². The average Bonchev–Trinajstić information content (AvgIpc) is 2.52. The van der Waals surface area contributed by atoms with Crippen molar-refractivity contribution in [2.45, 2.75) is 40.3 Å². The first-order valence-electron chi connectivity index (χ1n) is 7.92. The molecule has 0 radical (unpaired) electrons. The van der Waals surface area contributed by atoms with Crippen LogP contribution >= 0.6 is 0 Å². The zero-order valence-corrected chi connectivity index (χ0v) is 14.6. The van der Waals surface area contributed by atoms with Gasteiger partial charge in [-0.1, -0.05) is 36.4 Å². The van der Waals surface area contributed by atoms with Gasteiger partial charge in [-0.3, -0.25) is 4.79 Å². The Morgan fingerprint density at radius 3 is 2.43 bits per heavy atom. The topological polar surface area (TPSA) is 29.5 Å². The average molecular weight is 311 g/mol. The standard InChI is InChI=1S/C20H25NO2/c1-14-11-15(2)16(3)19(12-14)23-17(4)20(22)21(5)13-18-9-7-6-8-10-18/h6-12,17H,13H2,1-5H3/t17-/m0/s1. The molecule has 0 saturated carbocycles. The highest BCUT2D eigenvalue weighted by molar-refractivity contribution is 5.80. The van der Waals surface area contributed by atoms with Gasteiger partial charge in [-0.05, 0) is 56.0 Å². The Hall–Kier alpha value is -2.29. The largest absolute Gasteiger partial charge is 0.481 e. The van der Waals surface area contributed by atoms with Crippen molar-refractivity contribution in [3.05, 3.63) is 64.7 Å². The Labute approximate surface area is 138 Å². The normalized spacial score (nSPS) is 11.9. The molecule has 1 atom stereocenters. The third-order valence-electron chi connectivity index (χ3n) is 4.05. The number of benzene rings is 2. The Morgan fingerprint density at radius 2 is 1.78 bits per heavy atom. The minimum Gasteiger partial charge on any atom is -0.481 e. The van der Waals surface area contributed by atoms with Gasteiger partial charge in [-0.15, -0.1) is 0 Å². The Kier molecular flexibility index (Phi) is 5.43. The number of aryl methyl sites for hydroxylation is 2. The lowest BCUT2D eigenvalue weighted by molar-refractivity contribution is -0.137. The molecule has 0 fully saturated rings. The smallest absolute Gasteiger partial charge is 0.263 e. The van der Waals surface area contributed by atoms with Crippen molar-refractivity contribution in [2.75, 3.05) is 7.05 Å². The predicted molar refractivity (Wildman–Crippen MR) is 93.7 cm³/mol. The van der Waals surface area contributed by atoms with Crippen molar-refractivity contribution in [1.29, 1.82) is 0 Å². The van der Waals surface area contributed by atoms with Gasteiger partial charge in [0.2, 0.25) is 0 Å². The Balaban J connectivity index is 2.05. The highest BCUT2D eigenvalue weighted by Gasteiger charge is 2.20. The minimum atomic E-state index is -0.511. The van der Waals surface area contributed by atoms with Crippen LogP contribution in [0.4, 0.5) is 0 Å². The number of rotatable bonds is 5. The van der Waals surface area contributed by atoms with Gasteiger partial charge in [0.1, 0.15) is 5.75 Å². The maximum absolute atomic E-state index is 12.5. The van der Waals surface area contributed by atoms with Crippen LogP contribution in [0.2, 0.25) is 0 Å². The summed E-state index contributed by atoms with van der Waals surface area (Å²) in [5.74, 6) is 0.767. The fraction of sp³-hybridized carbons (Fsp3) is 0.350. The third-order valence-corrected chi connectivity index (χ3v) is 4.05. The van der Waals surface area contributed by atoms with Crippen LogP contribution in [0, 0.1) is 20.8 Å². The maximum Gasteiger partial charge on any atom is 0.263 e. The summed E-state index contributed by atoms with van der Waals surface area (Å²) in [5.41, 5.74) is 4.51. The SMILES string of the molecule is Cc1cc(C)c(C)c(O[C@@H](C)C(=O)N(C)Cc2ccccc2)c1. The van der Waals surface area contributed by atoms with Gasteiger partial charge in [-0.2, -0.15) is 0 Å². The van der Waals surface area contributed by atoms with Crippen LogP contribution in [0.15, 0.2) is 42.5 Å². The lowest BCUT2D eigenvalue weighted by atomic mass is 10.1. The van der Waals surface area contributed by atoms with Gasteiger partial charge >= 0.3 is 0 Å². The van der Waals surface area contributed by atoms with E-state index in [1.165, 1.54) is 5.56 Å². The summed E-state index contributed by atoms with van der Waals surface area (Å²) in [6.45, 7) is 8.51. The highest BCUT2D eigenvalue weighted by atomic mass is 16.5. The van der Waals surface area contributed by atoms with Gasteiger partial charge in [0, 0.05) is 13.6 Å². The predicted octanol–water partition coefficient (Wildman–Crippen LogP) is 4.04. The van der Waals surface area contributed by atoms with E-state index in [-0.39, 0.29) is 5.91 Å². The van der Waals surface area contributed by atoms with Crippen molar-refractivity contribution in [2.24, 2.45) is 0 Å². The minimum absolute atomic E-state index is 0.0209. The number of likely N-dealkylation sites (N-methyl/N-ethyl adjacent to an activating group) is 1. The molecule has 2 aromatic carbocycles. The van der Waals surface area contributed by atoms with Crippen LogP contribution in [0.25, 0.3) is 0 Å². The van der Waals surface area contributed by atoms with E-state index >= 15 is 0 Å². The molecule has 23 heavy (non-hydrogen) atoms. The first-order valence-corrected chi connectivity index (χ1v) is 7.92. The summed E-state index contributed by atoms with van der Waals surface area (Å²) in [4.78, 5) is 14.2. The number of carbonyl (C=O) groups excluding carboxylic acids is 1. The monoisotopic (exact) mass is 311 g/mol. The first-order chi connectivity index (χ1) is 10.9. The molecule has 0 aromatic heterocycles. The van der Waals surface area contributed by atoms with Crippen LogP contribution in [0.3, 0.4) is 0 Å². The lowest BCUT2D eigenvalue weighted by Gasteiger charge is -2.23. The van der Waals surface area contributed by atoms with E-state index in [0.717, 1.165) is 22.4 Å². The zero-order chi connectivity index (χ0) is 17.0. The van der Waals surface area contributed by atoms with E-state index in [4.69, 9.17) is 4.74 Å². The van der Waals surface area contributed by atoms with Crippen molar-refractivity contribution in [3.63, 3.8) is 0 Å². The number of hydrogen-bond donors (Lipinski definition) is 0. The molecule has 3 nitrogen and oxygen atoms in total. The van der Waals surface area contributed by atoms with Crippen LogP contribution in [-0.2, 0) is 11.3 Å². The van der Waals surface area contributed by atoms with Gasteiger partial charge in [-0.25, -0.2) is 0 Å². The van der Waals surface area contributed by atoms with Crippen molar-refractivity contribution in [3.8, 4) is 5.75 Å². The van der Waals surface area contributed by atoms with Crippen LogP contribution in [-0.4, -0.2) is 24.0 Å². The molecule has 2 aromatic rings. The summed E-state index contributed by atoms with van der Waals surface area (Å²) in [5, 5.41) is 0. The van der Waals surface area contributed by atoms with Gasteiger partial charge < -0.3 is 9.64 Å². The van der Waals surface area contributed by atoms with Gasteiger partial charge in [0.25, 0.3) is 5.91 Å². The van der Waals surface area contributed by atoms with E-state index in [0.29, 0.717) is 6.54 Å². The molecule has 0 aliphatic carbocycles. The van der Waals surface area contributed by atoms with E-state index in [2.05, 4.69) is 13.0 Å². The van der Waals surface area contributed by atoms with Crippen molar-refractivity contribution >= 4 is 5.91 Å². The number of amides is 1. The van der Waals surface area contributed by atoms with Crippen LogP contribution in [0.5, 0.6) is 5.75 Å². The van der Waals surface area contributed by atoms with E-state index < -0.39 is 6.10 Å². The van der Waals surface area contributed by atoms with E-state index in [9.17, 15) is 4.79 Å². The lowest BCUT2D eigenvalue weighted by Crippen LogP contribution is -2.37. The third kappa shape index (κ3) is 4.35. The second kappa shape index (κ2) is 7.32. The summed E-state index contributed by atoms with van der Waals surface area (Å²) in [6.07, 6.45) is -0.511. The zero-order valence-electron chi connectivity index (χ0n) is 14.6. The molecule has 122 valence electrons. The molecule has 1 amide bonds. The summed E-state index contributed by atoms with van der Waals surface area (Å²) in [7, 11) is 1.81. The quantitative estimate of drug-likeness (QED) is 0.834. The second-order valence-corrected chi connectivity index (χ2v) is 6.14. The molecule has 3 heteroatoms. The molecule has 0 aliphatic heterocycles. The highest BCUT2D eigenvalue weighted by Crippen LogP contribution is 2.24. The van der Waals surface area contributed by atoms with Crippen LogP contribution < -0.4 is 4.74 Å². The molecule has 0 unspecified atom stereocenters. The molecule has 2 rings (SSSR count).